The molecule has 0 heterocycles. The van der Waals surface area contributed by atoms with Gasteiger partial charge in [0.25, 0.3) is 0 Å². The van der Waals surface area contributed by atoms with E-state index in [0.717, 1.165) is 0 Å². The fourth-order valence-corrected chi connectivity index (χ4v) is 0. The smallest absolute Gasteiger partial charge is 1.00 e. The Morgan fingerprint density at radius 3 is 1.14 bits per heavy atom. The SMILES string of the molecule is CC(C)=O.[Br-].[Br-].[Mn+2]. The van der Waals surface area contributed by atoms with E-state index in [1.54, 1.807) is 0 Å². The molecule has 0 aliphatic heterocycles. The molecule has 0 rings (SSSR count). The summed E-state index contributed by atoms with van der Waals surface area (Å²) in [5.41, 5.74) is 0. The monoisotopic (exact) mass is 271 g/mol. The van der Waals surface area contributed by atoms with Crippen molar-refractivity contribution < 1.29 is 55.8 Å². The number of ketones is 1. The zero-order valence-corrected chi connectivity index (χ0v) is 8.39. The van der Waals surface area contributed by atoms with Crippen molar-refractivity contribution in [2.75, 3.05) is 0 Å². The van der Waals surface area contributed by atoms with Gasteiger partial charge in [-0.1, -0.05) is 0 Å². The second-order valence-electron chi connectivity index (χ2n) is 0.908. The van der Waals surface area contributed by atoms with Crippen molar-refractivity contribution in [3.63, 3.8) is 0 Å². The van der Waals surface area contributed by atoms with Gasteiger partial charge in [-0.25, -0.2) is 0 Å². The Hall–Kier alpha value is 1.15. The van der Waals surface area contributed by atoms with Crippen molar-refractivity contribution in [1.82, 2.24) is 0 Å². The molecule has 0 N–H and O–H groups in total. The van der Waals surface area contributed by atoms with Crippen LogP contribution < -0.4 is 34.0 Å². The number of hydrogen-bond donors (Lipinski definition) is 0. The van der Waals surface area contributed by atoms with Crippen molar-refractivity contribution in [3.05, 3.63) is 0 Å². The van der Waals surface area contributed by atoms with E-state index in [-0.39, 0.29) is 56.8 Å². The Morgan fingerprint density at radius 2 is 1.14 bits per heavy atom. The van der Waals surface area contributed by atoms with Gasteiger partial charge in [-0.15, -0.1) is 0 Å². The molecule has 0 aliphatic rings. The third-order valence-corrected chi connectivity index (χ3v) is 0. The van der Waals surface area contributed by atoms with Crippen LogP contribution in [0.15, 0.2) is 0 Å². The molecule has 0 atom stereocenters. The average Bonchev–Trinajstić information content (AvgIpc) is 0.811. The molecule has 0 unspecified atom stereocenters. The van der Waals surface area contributed by atoms with E-state index < -0.39 is 0 Å². The second-order valence-corrected chi connectivity index (χ2v) is 0.908. The fraction of sp³-hybridized carbons (Fsp3) is 0.667. The van der Waals surface area contributed by atoms with Crippen molar-refractivity contribution >= 4 is 5.78 Å². The number of hydrogen-bond acceptors (Lipinski definition) is 1. The Kier molecular flexibility index (Phi) is 54.3. The van der Waals surface area contributed by atoms with Crippen LogP contribution in [0.4, 0.5) is 0 Å². The summed E-state index contributed by atoms with van der Waals surface area (Å²) in [6.07, 6.45) is 0. The van der Waals surface area contributed by atoms with Crippen LogP contribution in [-0.4, -0.2) is 5.78 Å². The first-order valence-electron chi connectivity index (χ1n) is 1.20. The van der Waals surface area contributed by atoms with E-state index in [2.05, 4.69) is 0 Å². The molecule has 1 nitrogen and oxygen atoms in total. The first kappa shape index (κ1) is 24.2. The zero-order valence-electron chi connectivity index (χ0n) is 4.04. The Morgan fingerprint density at radius 1 is 1.14 bits per heavy atom. The summed E-state index contributed by atoms with van der Waals surface area (Å²) in [5, 5.41) is 0. The standard InChI is InChI=1S/C3H6O.2BrH.Mn/c1-3(2)4;;;/h1-2H3;2*1H;/q;;;+2/p-2. The van der Waals surface area contributed by atoms with Gasteiger partial charge in [0.15, 0.2) is 0 Å². The molecule has 0 saturated carbocycles. The Balaban J connectivity index is -0.0000000150. The first-order chi connectivity index (χ1) is 1.73. The molecule has 7 heavy (non-hydrogen) atoms. The summed E-state index contributed by atoms with van der Waals surface area (Å²) in [7, 11) is 0. The fourth-order valence-electron chi connectivity index (χ4n) is 0. The van der Waals surface area contributed by atoms with Gasteiger partial charge in [-0.3, -0.25) is 0 Å². The summed E-state index contributed by atoms with van der Waals surface area (Å²) >= 11 is 0. The number of carbonyl (C=O) groups is 1. The van der Waals surface area contributed by atoms with E-state index in [1.807, 2.05) is 0 Å². The van der Waals surface area contributed by atoms with Crippen LogP contribution in [0.1, 0.15) is 13.8 Å². The van der Waals surface area contributed by atoms with Crippen molar-refractivity contribution in [2.24, 2.45) is 0 Å². The van der Waals surface area contributed by atoms with Gasteiger partial charge in [0, 0.05) is 0 Å². The van der Waals surface area contributed by atoms with Crippen LogP contribution in [0.2, 0.25) is 0 Å². The molecule has 0 aliphatic carbocycles. The molecule has 0 fully saturated rings. The molecule has 0 saturated heterocycles. The van der Waals surface area contributed by atoms with Crippen molar-refractivity contribution in [3.8, 4) is 0 Å². The molecule has 0 spiro atoms. The zero-order chi connectivity index (χ0) is 3.58. The Labute approximate surface area is 75.3 Å². The third-order valence-electron chi connectivity index (χ3n) is 0. The minimum atomic E-state index is 0. The van der Waals surface area contributed by atoms with Crippen LogP contribution in [0.25, 0.3) is 0 Å². The Bertz CT molecular complexity index is 35.9. The van der Waals surface area contributed by atoms with E-state index in [9.17, 15) is 4.79 Å². The van der Waals surface area contributed by atoms with Crippen LogP contribution in [-0.2, 0) is 21.9 Å². The van der Waals surface area contributed by atoms with Crippen LogP contribution in [0.5, 0.6) is 0 Å². The number of halogens is 2. The first-order valence-corrected chi connectivity index (χ1v) is 1.20. The van der Waals surface area contributed by atoms with Gasteiger partial charge in [0.1, 0.15) is 5.78 Å². The predicted molar refractivity (Wildman–Crippen MR) is 16.4 cm³/mol. The molecular formula is C3H6Br2MnO. The van der Waals surface area contributed by atoms with Crippen molar-refractivity contribution in [1.29, 1.82) is 0 Å². The van der Waals surface area contributed by atoms with Gasteiger partial charge in [0.05, 0.1) is 0 Å². The summed E-state index contributed by atoms with van der Waals surface area (Å²) in [5.74, 6) is 0.167. The van der Waals surface area contributed by atoms with Crippen LogP contribution in [0.3, 0.4) is 0 Å². The summed E-state index contributed by atoms with van der Waals surface area (Å²) in [6.45, 7) is 3.06. The minimum absolute atomic E-state index is 0. The molecular weight excluding hydrogens is 267 g/mol. The second kappa shape index (κ2) is 15.7. The topological polar surface area (TPSA) is 17.1 Å². The van der Waals surface area contributed by atoms with Crippen molar-refractivity contribution in [2.45, 2.75) is 13.8 Å². The number of Topliss-reactive ketones (excluding diaryl/α,β-unsaturated/α-hetero) is 1. The van der Waals surface area contributed by atoms with Gasteiger partial charge in [-0.05, 0) is 13.8 Å². The molecule has 45 valence electrons. The van der Waals surface area contributed by atoms with Gasteiger partial charge in [-0.2, -0.15) is 0 Å². The quantitative estimate of drug-likeness (QED) is 0.403. The van der Waals surface area contributed by atoms with E-state index in [1.165, 1.54) is 13.8 Å². The largest absolute Gasteiger partial charge is 2.00 e. The molecule has 0 aromatic carbocycles. The summed E-state index contributed by atoms with van der Waals surface area (Å²) in [6, 6.07) is 0. The maximum absolute atomic E-state index is 9.44. The maximum Gasteiger partial charge on any atom is 2.00 e. The summed E-state index contributed by atoms with van der Waals surface area (Å²) < 4.78 is 0. The van der Waals surface area contributed by atoms with Gasteiger partial charge < -0.3 is 38.8 Å². The molecule has 0 aromatic rings. The molecule has 1 radical (unpaired) electrons. The predicted octanol–water partition coefficient (Wildman–Crippen LogP) is -5.40. The van der Waals surface area contributed by atoms with E-state index >= 15 is 0 Å². The number of carbonyl (C=O) groups excluding carboxylic acids is 1. The van der Waals surface area contributed by atoms with Crippen LogP contribution >= 0.6 is 0 Å². The number of rotatable bonds is 0. The third kappa shape index (κ3) is 143. The maximum atomic E-state index is 9.44. The summed E-state index contributed by atoms with van der Waals surface area (Å²) in [4.78, 5) is 9.44. The molecule has 0 bridgehead atoms. The minimum Gasteiger partial charge on any atom is -1.00 e. The van der Waals surface area contributed by atoms with Gasteiger partial charge >= 0.3 is 17.1 Å². The average molecular weight is 273 g/mol. The van der Waals surface area contributed by atoms with E-state index in [4.69, 9.17) is 0 Å². The molecule has 0 aromatic heterocycles. The van der Waals surface area contributed by atoms with Crippen LogP contribution in [0, 0.1) is 0 Å². The molecule has 0 amide bonds. The van der Waals surface area contributed by atoms with E-state index in [0.29, 0.717) is 0 Å². The normalized spacial score (nSPS) is 3.71. The van der Waals surface area contributed by atoms with Gasteiger partial charge in [0.2, 0.25) is 0 Å². The molecule has 4 heteroatoms.